The van der Waals surface area contributed by atoms with Gasteiger partial charge in [0, 0.05) is 37.7 Å². The molecular weight excluding hydrogens is 328 g/mol. The number of nitrogens with one attached hydrogen (secondary N) is 1. The molecule has 2 aromatic rings. The van der Waals surface area contributed by atoms with Gasteiger partial charge in [-0.2, -0.15) is 4.98 Å². The number of nitrogens with zero attached hydrogens (tertiary/aromatic N) is 3. The predicted molar refractivity (Wildman–Crippen MR) is 88.8 cm³/mol. The van der Waals surface area contributed by atoms with Crippen LogP contribution in [0.4, 0.5) is 0 Å². The fourth-order valence-electron chi connectivity index (χ4n) is 2.81. The Morgan fingerprint density at radius 3 is 3.00 bits per heavy atom. The minimum absolute atomic E-state index is 0.0268. The summed E-state index contributed by atoms with van der Waals surface area (Å²) in [5.41, 5.74) is 0. The molecule has 7 nitrogen and oxygen atoms in total. The molecule has 1 unspecified atom stereocenters. The molecule has 0 radical (unpaired) electrons. The third-order valence-electron chi connectivity index (χ3n) is 4.00. The zero-order valence-electron chi connectivity index (χ0n) is 13.7. The zero-order valence-corrected chi connectivity index (χ0v) is 14.6. The Morgan fingerprint density at radius 2 is 2.29 bits per heavy atom. The lowest BCUT2D eigenvalue weighted by Crippen LogP contribution is -2.39. The normalized spacial score (nSPS) is 17.8. The fraction of sp³-hybridized carbons (Fsp3) is 0.500. The number of likely N-dealkylation sites (tertiary alicyclic amines) is 1. The molecule has 0 spiro atoms. The fourth-order valence-corrected chi connectivity index (χ4v) is 3.72. The minimum atomic E-state index is -0.0782. The van der Waals surface area contributed by atoms with Crippen LogP contribution in [0.3, 0.4) is 0 Å². The number of carbonyl (C=O) groups is 2. The maximum atomic E-state index is 12.7. The van der Waals surface area contributed by atoms with Crippen LogP contribution in [0, 0.1) is 6.92 Å². The third kappa shape index (κ3) is 3.81. The van der Waals surface area contributed by atoms with Crippen molar-refractivity contribution in [3.8, 4) is 0 Å². The molecule has 2 aromatic heterocycles. The van der Waals surface area contributed by atoms with Crippen molar-refractivity contribution in [1.29, 1.82) is 0 Å². The van der Waals surface area contributed by atoms with Gasteiger partial charge in [0.1, 0.15) is 0 Å². The van der Waals surface area contributed by atoms with Gasteiger partial charge in [-0.25, -0.2) is 0 Å². The van der Waals surface area contributed by atoms with Crippen molar-refractivity contribution in [3.05, 3.63) is 33.6 Å². The summed E-state index contributed by atoms with van der Waals surface area (Å²) in [4.78, 5) is 31.5. The van der Waals surface area contributed by atoms with Crippen molar-refractivity contribution in [1.82, 2.24) is 20.4 Å². The summed E-state index contributed by atoms with van der Waals surface area (Å²) >= 11 is 1.42. The second-order valence-electron chi connectivity index (χ2n) is 5.94. The number of aromatic nitrogens is 2. The summed E-state index contributed by atoms with van der Waals surface area (Å²) in [5, 5.41) is 6.73. The number of hydrogen-bond acceptors (Lipinski definition) is 6. The molecule has 1 saturated heterocycles. The molecule has 1 N–H and O–H groups in total. The van der Waals surface area contributed by atoms with Crippen LogP contribution in [-0.2, 0) is 11.3 Å². The molecule has 8 heteroatoms. The first-order chi connectivity index (χ1) is 11.5. The minimum Gasteiger partial charge on any atom is -0.351 e. The van der Waals surface area contributed by atoms with E-state index >= 15 is 0 Å². The second-order valence-corrected chi connectivity index (χ2v) is 7.11. The topological polar surface area (TPSA) is 88.3 Å². The van der Waals surface area contributed by atoms with Crippen molar-refractivity contribution in [2.45, 2.75) is 39.2 Å². The smallest absolute Gasteiger partial charge is 0.263 e. The van der Waals surface area contributed by atoms with E-state index in [0.717, 1.165) is 24.3 Å². The quantitative estimate of drug-likeness (QED) is 0.914. The molecule has 1 aliphatic rings. The molecule has 0 saturated carbocycles. The largest absolute Gasteiger partial charge is 0.351 e. The first kappa shape index (κ1) is 16.6. The van der Waals surface area contributed by atoms with Gasteiger partial charge in [0.05, 0.1) is 11.4 Å². The van der Waals surface area contributed by atoms with Gasteiger partial charge < -0.3 is 14.7 Å². The Hall–Kier alpha value is -2.22. The molecule has 128 valence electrons. The first-order valence-electron chi connectivity index (χ1n) is 7.95. The van der Waals surface area contributed by atoms with Crippen LogP contribution in [0.15, 0.2) is 16.7 Å². The SMILES string of the molecule is CC(=O)NCc1ccc(C(=O)N2CCCC(c3noc(C)n3)C2)s1. The van der Waals surface area contributed by atoms with Gasteiger partial charge in [-0.05, 0) is 25.0 Å². The van der Waals surface area contributed by atoms with Crippen molar-refractivity contribution in [3.63, 3.8) is 0 Å². The first-order valence-corrected chi connectivity index (χ1v) is 8.77. The van der Waals surface area contributed by atoms with Crippen LogP contribution in [0.2, 0.25) is 0 Å². The third-order valence-corrected chi connectivity index (χ3v) is 5.07. The second kappa shape index (κ2) is 7.12. The number of hydrogen-bond donors (Lipinski definition) is 1. The molecule has 0 aromatic carbocycles. The number of amides is 2. The van der Waals surface area contributed by atoms with E-state index in [4.69, 9.17) is 4.52 Å². The standard InChI is InChI=1S/C16H20N4O3S/c1-10(21)17-8-13-5-6-14(24-13)16(22)20-7-3-4-12(9-20)15-18-11(2)23-19-15/h5-6,12H,3-4,7-9H2,1-2H3,(H,17,21). The number of piperidine rings is 1. The van der Waals surface area contributed by atoms with Crippen LogP contribution < -0.4 is 5.32 Å². The van der Waals surface area contributed by atoms with Crippen LogP contribution in [-0.4, -0.2) is 39.9 Å². The van der Waals surface area contributed by atoms with Crippen LogP contribution in [0.5, 0.6) is 0 Å². The molecule has 0 bridgehead atoms. The van der Waals surface area contributed by atoms with Crippen molar-refractivity contribution in [2.75, 3.05) is 13.1 Å². The Kier molecular flexibility index (Phi) is 4.94. The molecule has 1 fully saturated rings. The summed E-state index contributed by atoms with van der Waals surface area (Å²) in [6, 6.07) is 3.71. The van der Waals surface area contributed by atoms with Gasteiger partial charge in [0.15, 0.2) is 5.82 Å². The highest BCUT2D eigenvalue weighted by atomic mass is 32.1. The monoisotopic (exact) mass is 348 g/mol. The average molecular weight is 348 g/mol. The molecule has 1 atom stereocenters. The van der Waals surface area contributed by atoms with Crippen LogP contribution >= 0.6 is 11.3 Å². The van der Waals surface area contributed by atoms with Crippen LogP contribution in [0.25, 0.3) is 0 Å². The molecule has 3 heterocycles. The van der Waals surface area contributed by atoms with E-state index < -0.39 is 0 Å². The molecule has 1 aliphatic heterocycles. The lowest BCUT2D eigenvalue weighted by Gasteiger charge is -2.30. The molecule has 2 amide bonds. The van der Waals surface area contributed by atoms with Gasteiger partial charge in [-0.3, -0.25) is 9.59 Å². The summed E-state index contributed by atoms with van der Waals surface area (Å²) in [7, 11) is 0. The molecular formula is C16H20N4O3S. The van der Waals surface area contributed by atoms with Gasteiger partial charge in [0.25, 0.3) is 5.91 Å². The van der Waals surface area contributed by atoms with E-state index in [-0.39, 0.29) is 17.7 Å². The van der Waals surface area contributed by atoms with Gasteiger partial charge in [0.2, 0.25) is 11.8 Å². The number of rotatable bonds is 4. The summed E-state index contributed by atoms with van der Waals surface area (Å²) in [6.07, 6.45) is 1.88. The number of carbonyl (C=O) groups excluding carboxylic acids is 2. The van der Waals surface area contributed by atoms with E-state index in [0.29, 0.717) is 29.7 Å². The Balaban J connectivity index is 1.65. The highest BCUT2D eigenvalue weighted by molar-refractivity contribution is 7.14. The van der Waals surface area contributed by atoms with Gasteiger partial charge in [-0.1, -0.05) is 5.16 Å². The summed E-state index contributed by atoms with van der Waals surface area (Å²) in [6.45, 7) is 5.05. The van der Waals surface area contributed by atoms with E-state index in [1.807, 2.05) is 17.0 Å². The maximum Gasteiger partial charge on any atom is 0.263 e. The van der Waals surface area contributed by atoms with Crippen LogP contribution in [0.1, 0.15) is 51.9 Å². The Labute approximate surface area is 144 Å². The maximum absolute atomic E-state index is 12.7. The van der Waals surface area contributed by atoms with Crippen molar-refractivity contribution in [2.24, 2.45) is 0 Å². The molecule has 3 rings (SSSR count). The molecule has 24 heavy (non-hydrogen) atoms. The Bertz CT molecular complexity index is 739. The van der Waals surface area contributed by atoms with E-state index in [1.54, 1.807) is 6.92 Å². The van der Waals surface area contributed by atoms with E-state index in [9.17, 15) is 9.59 Å². The predicted octanol–water partition coefficient (Wildman–Crippen LogP) is 2.10. The average Bonchev–Trinajstić information content (AvgIpc) is 3.21. The number of aryl methyl sites for hydroxylation is 1. The molecule has 0 aliphatic carbocycles. The lowest BCUT2D eigenvalue weighted by molar-refractivity contribution is -0.119. The van der Waals surface area contributed by atoms with Crippen molar-refractivity contribution >= 4 is 23.2 Å². The lowest BCUT2D eigenvalue weighted by atomic mass is 9.97. The van der Waals surface area contributed by atoms with E-state index in [2.05, 4.69) is 15.5 Å². The zero-order chi connectivity index (χ0) is 17.1. The number of thiophene rings is 1. The van der Waals surface area contributed by atoms with Gasteiger partial charge >= 0.3 is 0 Å². The highest BCUT2D eigenvalue weighted by Gasteiger charge is 2.28. The highest BCUT2D eigenvalue weighted by Crippen LogP contribution is 2.27. The summed E-state index contributed by atoms with van der Waals surface area (Å²) in [5.74, 6) is 1.31. The van der Waals surface area contributed by atoms with Crippen molar-refractivity contribution < 1.29 is 14.1 Å². The van der Waals surface area contributed by atoms with E-state index in [1.165, 1.54) is 18.3 Å². The summed E-state index contributed by atoms with van der Waals surface area (Å²) < 4.78 is 5.05. The Morgan fingerprint density at radius 1 is 1.46 bits per heavy atom. The van der Waals surface area contributed by atoms with Gasteiger partial charge in [-0.15, -0.1) is 11.3 Å².